The zero-order chi connectivity index (χ0) is 89.5. The van der Waals surface area contributed by atoms with E-state index in [1.54, 1.807) is 37.6 Å². The smallest absolute Gasteiger partial charge is 0.358 e. The van der Waals surface area contributed by atoms with Gasteiger partial charge >= 0.3 is 23.9 Å². The van der Waals surface area contributed by atoms with E-state index in [1.807, 2.05) is 113 Å². The first-order valence-electron chi connectivity index (χ1n) is 44.4. The summed E-state index contributed by atoms with van der Waals surface area (Å²) in [5, 5.41) is 48.8. The summed E-state index contributed by atoms with van der Waals surface area (Å²) in [5.74, 6) is -1.48. The molecule has 128 heavy (non-hydrogen) atoms. The predicted molar refractivity (Wildman–Crippen MR) is 486 cm³/mol. The quantitative estimate of drug-likeness (QED) is 0.0437. The number of ether oxygens (including phenoxy) is 6. The van der Waals surface area contributed by atoms with Crippen molar-refractivity contribution in [3.63, 3.8) is 0 Å². The molecule has 0 bridgehead atoms. The number of carboxylic acids is 4. The fraction of sp³-hybridized carbons (Fsp3) is 0.373. The van der Waals surface area contributed by atoms with Crippen LogP contribution in [0.25, 0.3) is 56.6 Å². The first kappa shape index (κ1) is 90.2. The van der Waals surface area contributed by atoms with Gasteiger partial charge < -0.3 is 53.4 Å². The highest BCUT2D eigenvalue weighted by Gasteiger charge is 2.32. The van der Waals surface area contributed by atoms with Crippen molar-refractivity contribution < 1.29 is 72.5 Å². The number of aromatic nitrogens is 8. The molecule has 6 aromatic carbocycles. The average molecular weight is 1730 g/mol. The van der Waals surface area contributed by atoms with Crippen LogP contribution in [0.2, 0.25) is 0 Å². The Bertz CT molecular complexity index is 5940. The third-order valence-corrected chi connectivity index (χ3v) is 25.4. The predicted octanol–water partition coefficient (Wildman–Crippen LogP) is 17.7. The van der Waals surface area contributed by atoms with E-state index in [0.29, 0.717) is 89.8 Å². The Morgan fingerprint density at radius 1 is 0.414 bits per heavy atom. The SMILES string of the molecule is CCn1nc(C(=O)O)c(C)c1C.Cc1cccc(-c2cccc(-c3c(C)c(C(=O)O)nn3CCC(=O)O)n2)c1OCc1ccc2c(c1)CCN(C1CCOCC1)C2.Cc1cccc(-c2cccc(-c3onc(C(=O)O)c3C)n2)c1OCc1ccc2c(c1)CCN(C1CCOCC1)C2.Cc1cccc(-c2ccccn2)c1OCc1ccc2c(c1)CCN(C1CCOCC1)C2. The third-order valence-electron chi connectivity index (χ3n) is 25.4. The Morgan fingerprint density at radius 3 is 1.20 bits per heavy atom. The Kier molecular flexibility index (Phi) is 29.5. The molecular formula is C102H113N11O15. The lowest BCUT2D eigenvalue weighted by Gasteiger charge is -2.37. The van der Waals surface area contributed by atoms with Crippen molar-refractivity contribution in [2.75, 3.05) is 59.3 Å². The lowest BCUT2D eigenvalue weighted by Crippen LogP contribution is -2.42. The van der Waals surface area contributed by atoms with Crippen LogP contribution in [0.3, 0.4) is 0 Å². The summed E-state index contributed by atoms with van der Waals surface area (Å²) >= 11 is 0. The van der Waals surface area contributed by atoms with Crippen LogP contribution in [0.4, 0.5) is 0 Å². The molecule has 26 heteroatoms. The van der Waals surface area contributed by atoms with Crippen LogP contribution >= 0.6 is 0 Å². The molecule has 0 spiro atoms. The molecule has 0 atom stereocenters. The van der Waals surface area contributed by atoms with E-state index in [1.165, 1.54) is 43.6 Å². The number of pyridine rings is 3. The number of benzene rings is 6. The Labute approximate surface area is 746 Å². The maximum atomic E-state index is 11.8. The second-order valence-electron chi connectivity index (χ2n) is 33.7. The zero-order valence-electron chi connectivity index (χ0n) is 74.2. The monoisotopic (exact) mass is 1730 g/mol. The van der Waals surface area contributed by atoms with Gasteiger partial charge in [-0.25, -0.2) is 24.4 Å². The molecule has 4 N–H and O–H groups in total. The van der Waals surface area contributed by atoms with Gasteiger partial charge in [0.25, 0.3) is 0 Å². The summed E-state index contributed by atoms with van der Waals surface area (Å²) in [6.07, 6.45) is 11.6. The molecule has 12 heterocycles. The maximum absolute atomic E-state index is 11.8. The molecule has 0 saturated carbocycles. The zero-order valence-corrected chi connectivity index (χ0v) is 74.2. The molecule has 6 aromatic heterocycles. The summed E-state index contributed by atoms with van der Waals surface area (Å²) < 4.78 is 44.4. The van der Waals surface area contributed by atoms with Gasteiger partial charge in [-0.1, -0.05) is 114 Å². The number of hydrogen-bond acceptors (Lipinski definition) is 20. The van der Waals surface area contributed by atoms with Crippen molar-refractivity contribution in [1.82, 2.24) is 54.4 Å². The van der Waals surface area contributed by atoms with Gasteiger partial charge in [0, 0.05) is 149 Å². The van der Waals surface area contributed by atoms with Crippen LogP contribution in [0.5, 0.6) is 17.2 Å². The molecule has 3 saturated heterocycles. The van der Waals surface area contributed by atoms with Gasteiger partial charge in [0.2, 0.25) is 0 Å². The fourth-order valence-corrected chi connectivity index (χ4v) is 18.2. The molecule has 18 rings (SSSR count). The van der Waals surface area contributed by atoms with Crippen LogP contribution in [-0.2, 0) is 90.8 Å². The van der Waals surface area contributed by atoms with Crippen LogP contribution in [-0.4, -0.2) is 176 Å². The molecule has 0 radical (unpaired) electrons. The van der Waals surface area contributed by atoms with Crippen LogP contribution in [0.1, 0.15) is 172 Å². The second-order valence-corrected chi connectivity index (χ2v) is 33.7. The summed E-state index contributed by atoms with van der Waals surface area (Å²) in [6, 6.07) is 57.4. The number of aliphatic carboxylic acids is 1. The maximum Gasteiger partial charge on any atom is 0.358 e. The van der Waals surface area contributed by atoms with E-state index >= 15 is 0 Å². The summed E-state index contributed by atoms with van der Waals surface area (Å²) in [7, 11) is 0. The highest BCUT2D eigenvalue weighted by atomic mass is 16.5. The van der Waals surface area contributed by atoms with Gasteiger partial charge in [-0.2, -0.15) is 10.2 Å². The van der Waals surface area contributed by atoms with Crippen molar-refractivity contribution in [3.05, 3.63) is 276 Å². The highest BCUT2D eigenvalue weighted by Crippen LogP contribution is 2.40. The first-order chi connectivity index (χ1) is 62.1. The van der Waals surface area contributed by atoms with Crippen molar-refractivity contribution in [2.45, 2.75) is 190 Å². The van der Waals surface area contributed by atoms with Gasteiger partial charge in [-0.05, 0) is 235 Å². The van der Waals surface area contributed by atoms with E-state index < -0.39 is 23.9 Å². The Hall–Kier alpha value is -12.6. The second kappa shape index (κ2) is 41.9. The summed E-state index contributed by atoms with van der Waals surface area (Å²) in [5.41, 5.74) is 24.2. The Morgan fingerprint density at radius 2 is 0.805 bits per heavy atom. The Balaban J connectivity index is 0.000000140. The van der Waals surface area contributed by atoms with Gasteiger partial charge in [0.15, 0.2) is 22.8 Å². The lowest BCUT2D eigenvalue weighted by molar-refractivity contribution is -0.137. The number of para-hydroxylation sites is 3. The van der Waals surface area contributed by atoms with Gasteiger partial charge in [-0.3, -0.25) is 33.8 Å². The van der Waals surface area contributed by atoms with Crippen molar-refractivity contribution >= 4 is 23.9 Å². The van der Waals surface area contributed by atoms with E-state index in [9.17, 15) is 34.5 Å². The van der Waals surface area contributed by atoms with Crippen LogP contribution in [0.15, 0.2) is 175 Å². The molecular weight excluding hydrogens is 1620 g/mol. The van der Waals surface area contributed by atoms with Crippen molar-refractivity contribution in [2.24, 2.45) is 0 Å². The topological polar surface area (TPSA) is 315 Å². The van der Waals surface area contributed by atoms with Crippen molar-refractivity contribution in [3.8, 4) is 73.9 Å². The van der Waals surface area contributed by atoms with E-state index in [4.69, 9.17) is 48.0 Å². The van der Waals surface area contributed by atoms with E-state index in [0.717, 1.165) is 215 Å². The van der Waals surface area contributed by atoms with Gasteiger partial charge in [-0.15, -0.1) is 0 Å². The van der Waals surface area contributed by atoms with E-state index in [2.05, 4.69) is 115 Å². The molecule has 0 aliphatic carbocycles. The summed E-state index contributed by atoms with van der Waals surface area (Å²) in [6.45, 7) is 28.8. The standard InChI is InChI=1S/C35H38N4O6.C32H33N3O5.C27H30N2O2.C8H12N2O2/c1-22-5-3-6-28(29-7-4-8-30(36-29)33-23(2)32(35(42)43)37-39(33)16-12-31(40)41)34(22)45-21-24-9-10-26-20-38(15-11-25(26)19-24)27-13-17-44-18-14-27;1-20-5-3-6-26(27-7-4-8-28(33-27)31-21(2)29(32(36)37)34-40-31)30(20)39-19-22-9-10-24-18-35(14-11-23(24)17-22)25-12-15-38-16-13-25;1-20-5-4-6-25(26-7-2-3-13-28-26)27(20)31-19-21-8-9-23-18-29(14-10-22(23)17-21)24-11-15-30-16-12-24;1-4-10-6(3)5(2)7(9-10)8(11)12/h3-10,19,27H,11-18,20-21H2,1-2H3,(H,40,41)(H,42,43);3-10,17,25H,11-16,18-19H2,1-2H3,(H,36,37);2-9,13,17,24H,10-12,14-16,18-19H2,1H3;4H2,1-3H3,(H,11,12). The number of nitrogens with zero attached hydrogens (tertiary/aromatic N) is 11. The fourth-order valence-electron chi connectivity index (χ4n) is 18.2. The molecule has 0 amide bonds. The number of hydrogen-bond donors (Lipinski definition) is 4. The normalized spacial score (nSPS) is 15.6. The number of carbonyl (C=O) groups is 4. The van der Waals surface area contributed by atoms with Gasteiger partial charge in [0.1, 0.15) is 42.8 Å². The van der Waals surface area contributed by atoms with Crippen LogP contribution in [0, 0.1) is 48.5 Å². The minimum Gasteiger partial charge on any atom is -0.488 e. The first-order valence-corrected chi connectivity index (χ1v) is 44.4. The number of aryl methyl sites for hydroxylation is 5. The number of rotatable bonds is 24. The van der Waals surface area contributed by atoms with Gasteiger partial charge in [0.05, 0.1) is 41.4 Å². The lowest BCUT2D eigenvalue weighted by atomic mass is 9.95. The van der Waals surface area contributed by atoms with Crippen molar-refractivity contribution in [1.29, 1.82) is 0 Å². The van der Waals surface area contributed by atoms with E-state index in [-0.39, 0.29) is 30.0 Å². The molecule has 12 aromatic rings. The van der Waals surface area contributed by atoms with Crippen LogP contribution < -0.4 is 14.2 Å². The minimum absolute atomic E-state index is 0.0256. The number of fused-ring (bicyclic) bond motifs is 3. The minimum atomic E-state index is -1.17. The summed E-state index contributed by atoms with van der Waals surface area (Å²) in [4.78, 5) is 67.2. The third kappa shape index (κ3) is 21.5. The molecule has 666 valence electrons. The molecule has 3 fully saturated rings. The average Bonchev–Trinajstić information content (AvgIpc) is 1.62. The number of aromatic carboxylic acids is 3. The molecule has 26 nitrogen and oxygen atoms in total. The number of carboxylic acid groups (broad SMARTS) is 4. The largest absolute Gasteiger partial charge is 0.488 e. The molecule has 0 unspecified atom stereocenters. The molecule has 6 aliphatic rings. The highest BCUT2D eigenvalue weighted by molar-refractivity contribution is 5.90. The molecule has 6 aliphatic heterocycles.